The fourth-order valence-corrected chi connectivity index (χ4v) is 7.45. The van der Waals surface area contributed by atoms with Crippen LogP contribution in [0, 0.1) is 40.4 Å². The van der Waals surface area contributed by atoms with Crippen LogP contribution >= 0.6 is 0 Å². The number of carbonyl (C=O) groups excluding carboxylic acids is 1. The van der Waals surface area contributed by atoms with Crippen LogP contribution in [0.3, 0.4) is 0 Å². The molecule has 1 N–H and O–H groups in total. The van der Waals surface area contributed by atoms with Gasteiger partial charge in [-0.1, -0.05) is 13.8 Å². The average molecular weight is 318 g/mol. The molecule has 0 spiro atoms. The highest BCUT2D eigenvalue weighted by atomic mass is 16.4. The maximum atomic E-state index is 11.9. The second-order valence-electron chi connectivity index (χ2n) is 9.41. The maximum absolute atomic E-state index is 11.9. The van der Waals surface area contributed by atoms with Gasteiger partial charge in [-0.25, -0.2) is 0 Å². The molecule has 128 valence electrons. The minimum Gasteiger partial charge on any atom is -0.481 e. The molecule has 0 aromatic carbocycles. The molecule has 0 aliphatic heterocycles. The molecule has 0 amide bonds. The number of hydrogen-bond acceptors (Lipinski definition) is 2. The summed E-state index contributed by atoms with van der Waals surface area (Å²) in [7, 11) is 0. The first-order valence-corrected chi connectivity index (χ1v) is 9.61. The van der Waals surface area contributed by atoms with Gasteiger partial charge in [-0.15, -0.1) is 0 Å². The zero-order valence-corrected chi connectivity index (χ0v) is 14.5. The van der Waals surface area contributed by atoms with Gasteiger partial charge in [0.05, 0.1) is 5.92 Å². The van der Waals surface area contributed by atoms with Crippen molar-refractivity contribution in [1.82, 2.24) is 0 Å². The van der Waals surface area contributed by atoms with Crippen LogP contribution in [-0.2, 0) is 9.59 Å². The lowest BCUT2D eigenvalue weighted by Gasteiger charge is -2.60. The van der Waals surface area contributed by atoms with Gasteiger partial charge in [-0.05, 0) is 79.4 Å². The van der Waals surface area contributed by atoms with Gasteiger partial charge in [-0.3, -0.25) is 9.59 Å². The van der Waals surface area contributed by atoms with Crippen molar-refractivity contribution in [3.05, 3.63) is 0 Å². The Labute approximate surface area is 139 Å². The first-order valence-electron chi connectivity index (χ1n) is 9.61. The summed E-state index contributed by atoms with van der Waals surface area (Å²) in [5.41, 5.74) is 0.347. The van der Waals surface area contributed by atoms with Crippen LogP contribution in [0.5, 0.6) is 0 Å². The molecule has 23 heavy (non-hydrogen) atoms. The molecule has 3 nitrogen and oxygen atoms in total. The highest BCUT2D eigenvalue weighted by Crippen LogP contribution is 2.67. The zero-order valence-electron chi connectivity index (χ0n) is 14.5. The highest BCUT2D eigenvalue weighted by molar-refractivity contribution is 5.79. The molecule has 0 aromatic rings. The van der Waals surface area contributed by atoms with Gasteiger partial charge in [0.1, 0.15) is 5.78 Å². The number of Topliss-reactive ketones (excluding diaryl/α,β-unsaturated/α-hetero) is 1. The topological polar surface area (TPSA) is 54.4 Å². The van der Waals surface area contributed by atoms with Crippen LogP contribution in [-0.4, -0.2) is 16.9 Å². The first kappa shape index (κ1) is 15.7. The summed E-state index contributed by atoms with van der Waals surface area (Å²) < 4.78 is 0. The monoisotopic (exact) mass is 318 g/mol. The van der Waals surface area contributed by atoms with Gasteiger partial charge < -0.3 is 5.11 Å². The van der Waals surface area contributed by atoms with E-state index in [1.165, 1.54) is 19.3 Å². The van der Waals surface area contributed by atoms with E-state index in [-0.39, 0.29) is 11.3 Å². The van der Waals surface area contributed by atoms with Crippen LogP contribution in [0.25, 0.3) is 0 Å². The Kier molecular flexibility index (Phi) is 3.45. The summed E-state index contributed by atoms with van der Waals surface area (Å²) in [6.07, 6.45) is 9.30. The molecule has 0 saturated heterocycles. The van der Waals surface area contributed by atoms with E-state index in [1.807, 2.05) is 0 Å². The van der Waals surface area contributed by atoms with Gasteiger partial charge in [0.25, 0.3) is 0 Å². The van der Waals surface area contributed by atoms with Crippen molar-refractivity contribution >= 4 is 11.8 Å². The van der Waals surface area contributed by atoms with Crippen LogP contribution in [0.2, 0.25) is 0 Å². The second kappa shape index (κ2) is 5.07. The molecule has 4 saturated carbocycles. The van der Waals surface area contributed by atoms with E-state index < -0.39 is 5.97 Å². The molecular formula is C20H30O3. The highest BCUT2D eigenvalue weighted by Gasteiger charge is 2.61. The minimum absolute atomic E-state index is 0.0146. The molecule has 4 fully saturated rings. The number of hydrogen-bond donors (Lipinski definition) is 1. The van der Waals surface area contributed by atoms with E-state index in [4.69, 9.17) is 0 Å². The predicted molar refractivity (Wildman–Crippen MR) is 87.9 cm³/mol. The summed E-state index contributed by atoms with van der Waals surface area (Å²) in [5, 5.41) is 9.64. The minimum atomic E-state index is -0.573. The van der Waals surface area contributed by atoms with E-state index in [0.29, 0.717) is 29.0 Å². The van der Waals surface area contributed by atoms with Crippen molar-refractivity contribution in [3.63, 3.8) is 0 Å². The van der Waals surface area contributed by atoms with Crippen LogP contribution in [0.1, 0.15) is 71.6 Å². The predicted octanol–water partition coefficient (Wildman–Crippen LogP) is 4.30. The van der Waals surface area contributed by atoms with Crippen LogP contribution < -0.4 is 0 Å². The van der Waals surface area contributed by atoms with Gasteiger partial charge in [0.2, 0.25) is 0 Å². The summed E-state index contributed by atoms with van der Waals surface area (Å²) in [6, 6.07) is 0. The Hall–Kier alpha value is -0.860. The zero-order chi connectivity index (χ0) is 16.4. The van der Waals surface area contributed by atoms with Gasteiger partial charge in [-0.2, -0.15) is 0 Å². The maximum Gasteiger partial charge on any atom is 0.307 e. The van der Waals surface area contributed by atoms with E-state index in [1.54, 1.807) is 0 Å². The quantitative estimate of drug-likeness (QED) is 0.784. The van der Waals surface area contributed by atoms with Gasteiger partial charge >= 0.3 is 5.97 Å². The summed E-state index contributed by atoms with van der Waals surface area (Å²) in [4.78, 5) is 23.6. The molecule has 3 heteroatoms. The third kappa shape index (κ3) is 2.07. The summed E-state index contributed by atoms with van der Waals surface area (Å²) in [6.45, 7) is 4.71. The van der Waals surface area contributed by atoms with Crippen molar-refractivity contribution in [2.24, 2.45) is 40.4 Å². The lowest BCUT2D eigenvalue weighted by Crippen LogP contribution is -2.53. The molecule has 2 unspecified atom stereocenters. The van der Waals surface area contributed by atoms with Crippen LogP contribution in [0.4, 0.5) is 0 Å². The number of carboxylic acids is 1. The number of rotatable bonds is 1. The molecule has 4 aliphatic rings. The summed E-state index contributed by atoms with van der Waals surface area (Å²) >= 11 is 0. The second-order valence-corrected chi connectivity index (χ2v) is 9.41. The van der Waals surface area contributed by atoms with Crippen molar-refractivity contribution in [2.75, 3.05) is 0 Å². The fraction of sp³-hybridized carbons (Fsp3) is 0.900. The van der Waals surface area contributed by atoms with Crippen molar-refractivity contribution in [1.29, 1.82) is 0 Å². The first-order chi connectivity index (χ1) is 10.9. The van der Waals surface area contributed by atoms with Crippen molar-refractivity contribution in [3.8, 4) is 0 Å². The number of carbonyl (C=O) groups is 2. The fourth-order valence-electron chi connectivity index (χ4n) is 7.45. The Balaban J connectivity index is 1.63. The Morgan fingerprint density at radius 1 is 1.00 bits per heavy atom. The van der Waals surface area contributed by atoms with Crippen LogP contribution in [0.15, 0.2) is 0 Å². The lowest BCUT2D eigenvalue weighted by atomic mass is 9.45. The molecule has 0 heterocycles. The third-order valence-corrected chi connectivity index (χ3v) is 8.78. The summed E-state index contributed by atoms with van der Waals surface area (Å²) in [5.74, 6) is 2.37. The number of carboxylic acid groups (broad SMARTS) is 1. The average Bonchev–Trinajstić information content (AvgIpc) is 2.85. The smallest absolute Gasteiger partial charge is 0.307 e. The Bertz CT molecular complexity index is 541. The van der Waals surface area contributed by atoms with E-state index >= 15 is 0 Å². The molecule has 0 bridgehead atoms. The lowest BCUT2D eigenvalue weighted by molar-refractivity contribution is -0.154. The Morgan fingerprint density at radius 2 is 1.74 bits per heavy atom. The number of aliphatic carboxylic acids is 1. The third-order valence-electron chi connectivity index (χ3n) is 8.78. The molecular weight excluding hydrogens is 288 g/mol. The molecule has 0 aromatic heterocycles. The van der Waals surface area contributed by atoms with E-state index in [9.17, 15) is 14.7 Å². The normalized spacial score (nSPS) is 52.4. The number of fused-ring (bicyclic) bond motifs is 5. The molecule has 0 radical (unpaired) electrons. The van der Waals surface area contributed by atoms with Crippen molar-refractivity contribution in [2.45, 2.75) is 71.6 Å². The van der Waals surface area contributed by atoms with E-state index in [2.05, 4.69) is 13.8 Å². The number of ketones is 1. The van der Waals surface area contributed by atoms with Crippen molar-refractivity contribution < 1.29 is 14.7 Å². The SMILES string of the molecule is C[C@]12CCC(=O)CC1CC[C@@H]1[C@@H]2CC[C@]2(C)C(C(=O)O)CC[C@@H]12. The van der Waals surface area contributed by atoms with Gasteiger partial charge in [0.15, 0.2) is 0 Å². The van der Waals surface area contributed by atoms with E-state index in [0.717, 1.165) is 44.4 Å². The molecule has 4 aliphatic carbocycles. The molecule has 7 atom stereocenters. The van der Waals surface area contributed by atoms with Gasteiger partial charge in [0, 0.05) is 12.8 Å². The molecule has 4 rings (SSSR count). The Morgan fingerprint density at radius 3 is 2.48 bits per heavy atom. The standard InChI is InChI=1S/C20H30O3/c1-19-9-7-13(21)11-12(19)3-4-14-15-5-6-17(18(22)23)20(15,2)10-8-16(14)19/h12,14-17H,3-11H2,1-2H3,(H,22,23)/t12?,14-,15-,16-,17?,19-,20-/m0/s1. The largest absolute Gasteiger partial charge is 0.481 e.